The maximum atomic E-state index is 12.9. The molecular formula is C19H19ClN4O5S2. The molecule has 0 bridgehead atoms. The highest BCUT2D eigenvalue weighted by atomic mass is 35.5. The van der Waals surface area contributed by atoms with Crippen molar-refractivity contribution in [1.29, 1.82) is 0 Å². The average Bonchev–Trinajstić information content (AvgIpc) is 3.48. The summed E-state index contributed by atoms with van der Waals surface area (Å²) in [5, 5.41) is 4.14. The van der Waals surface area contributed by atoms with E-state index < -0.39 is 10.0 Å². The lowest BCUT2D eigenvalue weighted by Gasteiger charge is -2.10. The number of likely N-dealkylation sites (tertiary alicyclic amines) is 1. The molecule has 0 atom stereocenters. The number of amides is 1. The van der Waals surface area contributed by atoms with Gasteiger partial charge in [-0.2, -0.15) is 4.98 Å². The number of methoxy groups -OCH3 is 1. The van der Waals surface area contributed by atoms with Gasteiger partial charge >= 0.3 is 11.8 Å². The summed E-state index contributed by atoms with van der Waals surface area (Å²) in [6.45, 7) is 3.01. The third-order valence-electron chi connectivity index (χ3n) is 4.79. The van der Waals surface area contributed by atoms with Crippen LogP contribution >= 0.6 is 22.9 Å². The summed E-state index contributed by atoms with van der Waals surface area (Å²) in [5.74, 6) is 0.202. The van der Waals surface area contributed by atoms with Crippen LogP contribution in [0.3, 0.4) is 0 Å². The Balaban J connectivity index is 1.57. The Bertz CT molecular complexity index is 1230. The van der Waals surface area contributed by atoms with Crippen molar-refractivity contribution in [2.24, 2.45) is 0 Å². The van der Waals surface area contributed by atoms with Crippen molar-refractivity contribution in [2.75, 3.05) is 24.9 Å². The minimum atomic E-state index is -3.89. The molecule has 0 saturated carbocycles. The van der Waals surface area contributed by atoms with E-state index in [1.807, 2.05) is 0 Å². The number of sulfonamides is 1. The quantitative estimate of drug-likeness (QED) is 0.568. The molecule has 0 unspecified atom stereocenters. The van der Waals surface area contributed by atoms with Gasteiger partial charge in [-0.1, -0.05) is 16.8 Å². The van der Waals surface area contributed by atoms with E-state index in [2.05, 4.69) is 14.9 Å². The number of nitrogens with zero attached hydrogens (tertiary/aromatic N) is 3. The number of hydrogen-bond acceptors (Lipinski definition) is 8. The van der Waals surface area contributed by atoms with Gasteiger partial charge < -0.3 is 14.2 Å². The monoisotopic (exact) mass is 482 g/mol. The van der Waals surface area contributed by atoms with E-state index in [0.29, 0.717) is 34.3 Å². The third kappa shape index (κ3) is 4.39. The van der Waals surface area contributed by atoms with Gasteiger partial charge in [0.15, 0.2) is 0 Å². The molecule has 1 aliphatic rings. The summed E-state index contributed by atoms with van der Waals surface area (Å²) in [6.07, 6.45) is 1.90. The first-order valence-corrected chi connectivity index (χ1v) is 12.1. The summed E-state index contributed by atoms with van der Waals surface area (Å²) in [5.41, 5.74) is 0.302. The number of carbonyl (C=O) groups is 1. The topological polar surface area (TPSA) is 115 Å². The molecule has 9 nitrogen and oxygen atoms in total. The van der Waals surface area contributed by atoms with Crippen LogP contribution in [0.4, 0.5) is 5.69 Å². The predicted octanol–water partition coefficient (Wildman–Crippen LogP) is 3.81. The van der Waals surface area contributed by atoms with Gasteiger partial charge in [0.1, 0.15) is 10.6 Å². The number of thiophene rings is 1. The van der Waals surface area contributed by atoms with E-state index in [0.717, 1.165) is 12.8 Å². The molecule has 4 rings (SSSR count). The van der Waals surface area contributed by atoms with Gasteiger partial charge in [0.25, 0.3) is 10.0 Å². The molecule has 0 radical (unpaired) electrons. The van der Waals surface area contributed by atoms with Crippen LogP contribution in [0.2, 0.25) is 5.02 Å². The highest BCUT2D eigenvalue weighted by Crippen LogP contribution is 2.34. The number of aryl methyl sites for hydroxylation is 1. The smallest absolute Gasteiger partial charge is 0.316 e. The maximum absolute atomic E-state index is 12.9. The number of carbonyl (C=O) groups excluding carboxylic acids is 1. The van der Waals surface area contributed by atoms with E-state index in [1.165, 1.54) is 30.6 Å². The highest BCUT2D eigenvalue weighted by molar-refractivity contribution is 7.93. The lowest BCUT2D eigenvalue weighted by atomic mass is 10.3. The Morgan fingerprint density at radius 2 is 2.03 bits per heavy atom. The number of benzene rings is 1. The molecule has 0 spiro atoms. The van der Waals surface area contributed by atoms with Crippen molar-refractivity contribution in [2.45, 2.75) is 24.7 Å². The van der Waals surface area contributed by atoms with E-state index in [4.69, 9.17) is 20.9 Å². The van der Waals surface area contributed by atoms with Gasteiger partial charge in [0.2, 0.25) is 5.82 Å². The molecule has 1 aliphatic heterocycles. The normalized spacial score (nSPS) is 14.1. The third-order valence-corrected chi connectivity index (χ3v) is 7.77. The molecule has 1 fully saturated rings. The van der Waals surface area contributed by atoms with Gasteiger partial charge in [-0.25, -0.2) is 8.42 Å². The molecular weight excluding hydrogens is 464 g/mol. The number of hydrogen-bond donors (Lipinski definition) is 1. The Kier molecular flexibility index (Phi) is 5.91. The summed E-state index contributed by atoms with van der Waals surface area (Å²) >= 11 is 7.28. The summed E-state index contributed by atoms with van der Waals surface area (Å²) in [7, 11) is -2.41. The van der Waals surface area contributed by atoms with Crippen LogP contribution in [0.5, 0.6) is 5.75 Å². The lowest BCUT2D eigenvalue weighted by molar-refractivity contribution is 0.0743. The minimum absolute atomic E-state index is 0.0802. The molecule has 3 heterocycles. The van der Waals surface area contributed by atoms with Crippen LogP contribution in [0.25, 0.3) is 10.7 Å². The van der Waals surface area contributed by atoms with Crippen molar-refractivity contribution >= 4 is 44.6 Å². The molecule has 3 aromatic rings. The molecule has 1 amide bonds. The number of nitrogens with one attached hydrogen (secondary N) is 1. The molecule has 164 valence electrons. The Labute approximate surface area is 188 Å². The standard InChI is InChI=1S/C19H19ClN4O5S2/c1-11-16(31(26,27)23-12-5-6-14(28-2)13(20)9-12)10-15(30-11)17-21-18(29-22-17)19(25)24-7-3-4-8-24/h5-6,9-10,23H,3-4,7-8H2,1-2H3. The van der Waals surface area contributed by atoms with E-state index in [1.54, 1.807) is 24.0 Å². The van der Waals surface area contributed by atoms with E-state index in [-0.39, 0.29) is 27.5 Å². The Morgan fingerprint density at radius 3 is 2.71 bits per heavy atom. The fourth-order valence-corrected chi connectivity index (χ4v) is 6.07. The molecule has 31 heavy (non-hydrogen) atoms. The zero-order chi connectivity index (χ0) is 22.2. The van der Waals surface area contributed by atoms with E-state index >= 15 is 0 Å². The molecule has 0 aliphatic carbocycles. The van der Waals surface area contributed by atoms with Crippen molar-refractivity contribution in [3.8, 4) is 16.5 Å². The second kappa shape index (κ2) is 8.48. The zero-order valence-corrected chi connectivity index (χ0v) is 19.1. The van der Waals surface area contributed by atoms with Crippen molar-refractivity contribution in [3.63, 3.8) is 0 Å². The van der Waals surface area contributed by atoms with Crippen LogP contribution in [0, 0.1) is 6.92 Å². The summed E-state index contributed by atoms with van der Waals surface area (Å²) in [6, 6.07) is 6.06. The molecule has 1 aromatic carbocycles. The van der Waals surface area contributed by atoms with Crippen molar-refractivity contribution in [3.05, 3.63) is 40.1 Å². The molecule has 12 heteroatoms. The predicted molar refractivity (Wildman–Crippen MR) is 116 cm³/mol. The van der Waals surface area contributed by atoms with Crippen LogP contribution < -0.4 is 9.46 Å². The van der Waals surface area contributed by atoms with Crippen LogP contribution in [0.1, 0.15) is 28.4 Å². The average molecular weight is 483 g/mol. The fourth-order valence-electron chi connectivity index (χ4n) is 3.25. The van der Waals surface area contributed by atoms with Gasteiger partial charge in [0, 0.05) is 18.0 Å². The highest BCUT2D eigenvalue weighted by Gasteiger charge is 2.27. The largest absolute Gasteiger partial charge is 0.495 e. The second-order valence-corrected chi connectivity index (χ2v) is 10.2. The second-order valence-electron chi connectivity index (χ2n) is 6.91. The van der Waals surface area contributed by atoms with Crippen LogP contribution in [0.15, 0.2) is 33.7 Å². The molecule has 2 aromatic heterocycles. The molecule has 1 N–H and O–H groups in total. The van der Waals surface area contributed by atoms with Crippen molar-refractivity contribution < 1.29 is 22.5 Å². The van der Waals surface area contributed by atoms with Gasteiger partial charge in [-0.15, -0.1) is 11.3 Å². The lowest BCUT2D eigenvalue weighted by Crippen LogP contribution is -2.27. The van der Waals surface area contributed by atoms with Gasteiger partial charge in [0.05, 0.1) is 22.7 Å². The van der Waals surface area contributed by atoms with Crippen molar-refractivity contribution in [1.82, 2.24) is 15.0 Å². The minimum Gasteiger partial charge on any atom is -0.495 e. The number of ether oxygens (including phenoxy) is 1. The Hall–Kier alpha value is -2.63. The maximum Gasteiger partial charge on any atom is 0.316 e. The van der Waals surface area contributed by atoms with Gasteiger partial charge in [-0.3, -0.25) is 9.52 Å². The SMILES string of the molecule is COc1ccc(NS(=O)(=O)c2cc(-c3noc(C(=O)N4CCCC4)n3)sc2C)cc1Cl. The summed E-state index contributed by atoms with van der Waals surface area (Å²) in [4.78, 5) is 19.3. The number of anilines is 1. The van der Waals surface area contributed by atoms with E-state index in [9.17, 15) is 13.2 Å². The first kappa shape index (κ1) is 21.6. The zero-order valence-electron chi connectivity index (χ0n) is 16.7. The Morgan fingerprint density at radius 1 is 1.29 bits per heavy atom. The fraction of sp³-hybridized carbons (Fsp3) is 0.316. The van der Waals surface area contributed by atoms with Crippen LogP contribution in [-0.2, 0) is 10.0 Å². The number of aromatic nitrogens is 2. The molecule has 1 saturated heterocycles. The summed E-state index contributed by atoms with van der Waals surface area (Å²) < 4.78 is 38.5. The van der Waals surface area contributed by atoms with Gasteiger partial charge in [-0.05, 0) is 44.0 Å². The first-order valence-electron chi connectivity index (χ1n) is 9.38. The number of rotatable bonds is 6. The number of halogens is 1. The van der Waals surface area contributed by atoms with Crippen LogP contribution in [-0.4, -0.2) is 49.6 Å². The first-order chi connectivity index (χ1) is 14.8.